The van der Waals surface area contributed by atoms with Crippen molar-refractivity contribution < 1.29 is 0 Å². The first-order valence-electron chi connectivity index (χ1n) is 5.59. The molecule has 3 nitrogen and oxygen atoms in total. The van der Waals surface area contributed by atoms with E-state index in [1.165, 1.54) is 9.90 Å². The second kappa shape index (κ2) is 6.10. The molecular weight excluding hydrogens is 262 g/mol. The van der Waals surface area contributed by atoms with Gasteiger partial charge in [0.05, 0.1) is 17.3 Å². The van der Waals surface area contributed by atoms with Crippen LogP contribution in [-0.4, -0.2) is 16.3 Å². The van der Waals surface area contributed by atoms with E-state index < -0.39 is 0 Å². The first-order valence-corrected chi connectivity index (χ1v) is 7.45. The van der Waals surface area contributed by atoms with Gasteiger partial charge in [0.15, 0.2) is 0 Å². The van der Waals surface area contributed by atoms with Crippen LogP contribution in [0.3, 0.4) is 0 Å². The van der Waals surface area contributed by atoms with Crippen molar-refractivity contribution in [2.45, 2.75) is 17.7 Å². The normalized spacial score (nSPS) is 10.2. The maximum Gasteiger partial charge on any atom is 0.0942 e. The molecule has 0 aliphatic rings. The zero-order valence-electron chi connectivity index (χ0n) is 10.4. The summed E-state index contributed by atoms with van der Waals surface area (Å²) in [6.45, 7) is 2.42. The monoisotopic (exact) mass is 277 g/mol. The molecule has 0 radical (unpaired) electrons. The molecule has 0 unspecified atom stereocenters. The fraction of sp³-hybridized carbons (Fsp3) is 0.308. The number of aryl methyl sites for hydroxylation is 2. The van der Waals surface area contributed by atoms with Crippen LogP contribution in [0.15, 0.2) is 22.5 Å². The third-order valence-electron chi connectivity index (χ3n) is 2.31. The standard InChI is InChI=1S/C13H15N3S2/c1-10-6-13(16(2)15-10)18-9-12-7-11(8-17-12)4-3-5-14/h6-8H,5,9,14H2,1-2H3. The van der Waals surface area contributed by atoms with Gasteiger partial charge in [-0.1, -0.05) is 11.8 Å². The van der Waals surface area contributed by atoms with Crippen molar-refractivity contribution in [3.05, 3.63) is 33.6 Å². The molecule has 0 spiro atoms. The number of hydrogen-bond acceptors (Lipinski definition) is 4. The fourth-order valence-electron chi connectivity index (χ4n) is 1.54. The molecule has 18 heavy (non-hydrogen) atoms. The summed E-state index contributed by atoms with van der Waals surface area (Å²) in [5.74, 6) is 6.87. The fourth-order valence-corrected chi connectivity index (χ4v) is 3.45. The van der Waals surface area contributed by atoms with Gasteiger partial charge < -0.3 is 5.73 Å². The Morgan fingerprint density at radius 2 is 2.33 bits per heavy atom. The third kappa shape index (κ3) is 3.39. The molecule has 0 aliphatic carbocycles. The minimum atomic E-state index is 0.411. The van der Waals surface area contributed by atoms with Gasteiger partial charge in [-0.3, -0.25) is 4.68 Å². The van der Waals surface area contributed by atoms with Crippen molar-refractivity contribution in [1.82, 2.24) is 9.78 Å². The summed E-state index contributed by atoms with van der Waals surface area (Å²) in [4.78, 5) is 1.32. The minimum absolute atomic E-state index is 0.411. The molecule has 0 amide bonds. The van der Waals surface area contributed by atoms with Crippen LogP contribution >= 0.6 is 23.1 Å². The van der Waals surface area contributed by atoms with Crippen LogP contribution in [0.2, 0.25) is 0 Å². The van der Waals surface area contributed by atoms with Gasteiger partial charge in [0.2, 0.25) is 0 Å². The van der Waals surface area contributed by atoms with E-state index in [1.54, 1.807) is 23.1 Å². The summed E-state index contributed by atoms with van der Waals surface area (Å²) < 4.78 is 1.92. The largest absolute Gasteiger partial charge is 0.320 e. The summed E-state index contributed by atoms with van der Waals surface area (Å²) in [7, 11) is 1.97. The number of aromatic nitrogens is 2. The Hall–Kier alpha value is -1.22. The minimum Gasteiger partial charge on any atom is -0.320 e. The molecule has 0 aliphatic heterocycles. The Bertz CT molecular complexity index is 587. The lowest BCUT2D eigenvalue weighted by Crippen LogP contribution is -1.92. The van der Waals surface area contributed by atoms with Crippen molar-refractivity contribution in [2.75, 3.05) is 6.54 Å². The molecular formula is C13H15N3S2. The topological polar surface area (TPSA) is 43.8 Å². The number of hydrogen-bond donors (Lipinski definition) is 1. The van der Waals surface area contributed by atoms with Crippen LogP contribution in [0.4, 0.5) is 0 Å². The quantitative estimate of drug-likeness (QED) is 0.692. The Morgan fingerprint density at radius 1 is 1.50 bits per heavy atom. The van der Waals surface area contributed by atoms with E-state index in [-0.39, 0.29) is 0 Å². The highest BCUT2D eigenvalue weighted by Crippen LogP contribution is 2.26. The van der Waals surface area contributed by atoms with E-state index in [0.29, 0.717) is 6.54 Å². The Labute approximate surface area is 115 Å². The van der Waals surface area contributed by atoms with Crippen LogP contribution in [-0.2, 0) is 12.8 Å². The molecule has 0 aromatic carbocycles. The highest BCUT2D eigenvalue weighted by molar-refractivity contribution is 7.98. The number of nitrogens with two attached hydrogens (primary N) is 1. The summed E-state index contributed by atoms with van der Waals surface area (Å²) in [6, 6.07) is 4.23. The van der Waals surface area contributed by atoms with Gasteiger partial charge in [0, 0.05) is 28.6 Å². The van der Waals surface area contributed by atoms with Gasteiger partial charge in [-0.05, 0) is 19.1 Å². The van der Waals surface area contributed by atoms with Crippen LogP contribution in [0.5, 0.6) is 0 Å². The average Bonchev–Trinajstić information content (AvgIpc) is 2.91. The van der Waals surface area contributed by atoms with E-state index in [2.05, 4.69) is 34.5 Å². The molecule has 2 N–H and O–H groups in total. The maximum atomic E-state index is 5.35. The van der Waals surface area contributed by atoms with E-state index in [4.69, 9.17) is 5.73 Å². The third-order valence-corrected chi connectivity index (χ3v) is 4.56. The van der Waals surface area contributed by atoms with Gasteiger partial charge in [0.25, 0.3) is 0 Å². The predicted octanol–water partition coefficient (Wildman–Crippen LogP) is 2.39. The van der Waals surface area contributed by atoms with Crippen LogP contribution in [0, 0.1) is 18.8 Å². The second-order valence-electron chi connectivity index (χ2n) is 3.84. The Kier molecular flexibility index (Phi) is 4.48. The van der Waals surface area contributed by atoms with E-state index in [0.717, 1.165) is 17.0 Å². The number of thiophene rings is 1. The molecule has 0 saturated heterocycles. The Morgan fingerprint density at radius 3 is 3.00 bits per heavy atom. The lowest BCUT2D eigenvalue weighted by molar-refractivity contribution is 0.692. The van der Waals surface area contributed by atoms with Gasteiger partial charge in [-0.2, -0.15) is 5.10 Å². The molecule has 0 atom stereocenters. The highest BCUT2D eigenvalue weighted by Gasteiger charge is 2.04. The first-order chi connectivity index (χ1) is 8.69. The molecule has 94 valence electrons. The van der Waals surface area contributed by atoms with Gasteiger partial charge >= 0.3 is 0 Å². The molecule has 0 bridgehead atoms. The smallest absolute Gasteiger partial charge is 0.0942 e. The second-order valence-corrected chi connectivity index (χ2v) is 5.84. The molecule has 0 fully saturated rings. The molecule has 2 aromatic rings. The highest BCUT2D eigenvalue weighted by atomic mass is 32.2. The summed E-state index contributed by atoms with van der Waals surface area (Å²) in [5.41, 5.74) is 7.47. The SMILES string of the molecule is Cc1cc(SCc2cc(C#CCN)cs2)n(C)n1. The number of nitrogens with zero attached hydrogens (tertiary/aromatic N) is 2. The van der Waals surface area contributed by atoms with E-state index >= 15 is 0 Å². The molecule has 2 aromatic heterocycles. The lowest BCUT2D eigenvalue weighted by Gasteiger charge is -1.99. The van der Waals surface area contributed by atoms with Crippen molar-refractivity contribution in [2.24, 2.45) is 12.8 Å². The van der Waals surface area contributed by atoms with Crippen LogP contribution in [0.25, 0.3) is 0 Å². The van der Waals surface area contributed by atoms with Crippen LogP contribution in [0.1, 0.15) is 16.1 Å². The van der Waals surface area contributed by atoms with E-state index in [1.807, 2.05) is 18.7 Å². The zero-order chi connectivity index (χ0) is 13.0. The molecule has 2 rings (SSSR count). The van der Waals surface area contributed by atoms with E-state index in [9.17, 15) is 0 Å². The van der Waals surface area contributed by atoms with Crippen molar-refractivity contribution in [3.8, 4) is 11.8 Å². The Balaban J connectivity index is 1.98. The maximum absolute atomic E-state index is 5.35. The molecule has 2 heterocycles. The molecule has 0 saturated carbocycles. The average molecular weight is 277 g/mol. The number of thioether (sulfide) groups is 1. The van der Waals surface area contributed by atoms with Crippen molar-refractivity contribution in [1.29, 1.82) is 0 Å². The summed E-state index contributed by atoms with van der Waals surface area (Å²) in [5, 5.41) is 7.60. The zero-order valence-corrected chi connectivity index (χ0v) is 12.1. The van der Waals surface area contributed by atoms with Gasteiger partial charge in [0.1, 0.15) is 0 Å². The van der Waals surface area contributed by atoms with Crippen molar-refractivity contribution >= 4 is 23.1 Å². The summed E-state index contributed by atoms with van der Waals surface area (Å²) >= 11 is 3.53. The van der Waals surface area contributed by atoms with Gasteiger partial charge in [-0.25, -0.2) is 0 Å². The van der Waals surface area contributed by atoms with Crippen molar-refractivity contribution in [3.63, 3.8) is 0 Å². The van der Waals surface area contributed by atoms with Crippen LogP contribution < -0.4 is 5.73 Å². The predicted molar refractivity (Wildman–Crippen MR) is 77.8 cm³/mol. The number of rotatable bonds is 3. The summed E-state index contributed by atoms with van der Waals surface area (Å²) in [6.07, 6.45) is 0. The molecule has 5 heteroatoms. The lowest BCUT2D eigenvalue weighted by atomic mass is 10.3. The first kappa shape index (κ1) is 13.2. The van der Waals surface area contributed by atoms with Gasteiger partial charge in [-0.15, -0.1) is 23.1 Å².